The molecule has 9 nitrogen and oxygen atoms in total. The Morgan fingerprint density at radius 2 is 1.34 bits per heavy atom. The summed E-state index contributed by atoms with van der Waals surface area (Å²) in [6, 6.07) is 15.9. The maximum atomic E-state index is 4.68. The normalized spacial score (nSPS) is 14.7. The summed E-state index contributed by atoms with van der Waals surface area (Å²) in [5.74, 6) is 1.32. The fraction of sp³-hybridized carbons (Fsp3) is 0. The van der Waals surface area contributed by atoms with Crippen LogP contribution in [0.1, 0.15) is 33.9 Å². The summed E-state index contributed by atoms with van der Waals surface area (Å²) in [6.07, 6.45) is 16.0. The Labute approximate surface area is 218 Å². The minimum absolute atomic E-state index is 0.653. The van der Waals surface area contributed by atoms with Crippen molar-refractivity contribution in [1.82, 2.24) is 39.8 Å². The largest absolute Gasteiger partial charge is 0.366 e. The Balaban J connectivity index is 1.38. The van der Waals surface area contributed by atoms with Gasteiger partial charge in [0.15, 0.2) is 11.6 Å². The quantitative estimate of drug-likeness (QED) is 0.340. The van der Waals surface area contributed by atoms with Gasteiger partial charge in [-0.15, -0.1) is 0 Å². The highest BCUT2D eigenvalue weighted by Crippen LogP contribution is 2.30. The fourth-order valence-corrected chi connectivity index (χ4v) is 4.27. The summed E-state index contributed by atoms with van der Waals surface area (Å²) in [4.78, 5) is 16.8. The van der Waals surface area contributed by atoms with Gasteiger partial charge in [0.05, 0.1) is 29.1 Å². The van der Waals surface area contributed by atoms with Crippen LogP contribution >= 0.6 is 0 Å². The van der Waals surface area contributed by atoms with Crippen molar-refractivity contribution in [1.29, 1.82) is 0 Å². The topological polar surface area (TPSA) is 102 Å². The zero-order chi connectivity index (χ0) is 25.9. The Bertz CT molecular complexity index is 1740. The lowest BCUT2D eigenvalue weighted by Gasteiger charge is -2.08. The van der Waals surface area contributed by atoms with Gasteiger partial charge < -0.3 is 10.3 Å². The van der Waals surface area contributed by atoms with Crippen molar-refractivity contribution >= 4 is 42.0 Å². The molecule has 3 aromatic heterocycles. The maximum Gasteiger partial charge on any atom is 0.158 e. The van der Waals surface area contributed by atoms with Crippen LogP contribution in [0.2, 0.25) is 0 Å². The summed E-state index contributed by atoms with van der Waals surface area (Å²) in [7, 11) is 0. The van der Waals surface area contributed by atoms with E-state index in [1.807, 2.05) is 73.1 Å². The molecule has 184 valence electrons. The third-order valence-corrected chi connectivity index (χ3v) is 6.12. The van der Waals surface area contributed by atoms with Gasteiger partial charge in [-0.05, 0) is 35.4 Å². The molecule has 38 heavy (non-hydrogen) atoms. The average Bonchev–Trinajstić information content (AvgIpc) is 3.71. The molecule has 0 spiro atoms. The zero-order valence-corrected chi connectivity index (χ0v) is 20.4. The first-order valence-electron chi connectivity index (χ1n) is 11.9. The van der Waals surface area contributed by atoms with E-state index in [1.54, 1.807) is 27.9 Å². The SMILES string of the molecule is C=Cc1cccc(-n2ncnc2/C=C2\N=CN/C(=C\c3ncnn3-c3cccc(C=C)c3)c3c[nH]cc32)c1. The number of nitrogens with one attached hydrogen (secondary N) is 2. The lowest BCUT2D eigenvalue weighted by Crippen LogP contribution is -2.09. The second kappa shape index (κ2) is 9.82. The van der Waals surface area contributed by atoms with Gasteiger partial charge in [-0.3, -0.25) is 0 Å². The minimum Gasteiger partial charge on any atom is -0.366 e. The van der Waals surface area contributed by atoms with Crippen LogP contribution in [0, 0.1) is 0 Å². The standard InChI is InChI=1S/C29H23N9/c1-3-20-7-5-9-22(11-20)37-28(33-18-35-37)13-26-24-15-30-16-25(24)27(32-17-31-26)14-29-34-19-36-38(29)23-10-6-8-21(4-2)12-23/h3-19,30H,1-2H2,(H,31,32)/b26-13-,27-14-. The molecule has 6 rings (SSSR count). The maximum absolute atomic E-state index is 4.68. The first-order valence-corrected chi connectivity index (χ1v) is 11.9. The van der Waals surface area contributed by atoms with E-state index in [1.165, 1.54) is 12.7 Å². The molecule has 0 saturated heterocycles. The number of H-pyrrole nitrogens is 1. The smallest absolute Gasteiger partial charge is 0.158 e. The number of rotatable bonds is 6. The first kappa shape index (κ1) is 22.9. The van der Waals surface area contributed by atoms with Crippen LogP contribution in [-0.4, -0.2) is 40.9 Å². The predicted octanol–water partition coefficient (Wildman–Crippen LogP) is 5.09. The number of aromatic nitrogens is 7. The number of benzene rings is 2. The van der Waals surface area contributed by atoms with E-state index >= 15 is 0 Å². The van der Waals surface area contributed by atoms with Gasteiger partial charge in [0.2, 0.25) is 0 Å². The van der Waals surface area contributed by atoms with Gasteiger partial charge in [-0.2, -0.15) is 10.2 Å². The highest BCUT2D eigenvalue weighted by Gasteiger charge is 2.18. The number of aliphatic imine (C=N–C) groups is 1. The van der Waals surface area contributed by atoms with Gasteiger partial charge >= 0.3 is 0 Å². The molecule has 2 N–H and O–H groups in total. The Morgan fingerprint density at radius 1 is 0.737 bits per heavy atom. The average molecular weight is 498 g/mol. The molecule has 0 radical (unpaired) electrons. The van der Waals surface area contributed by atoms with Gasteiger partial charge in [0.1, 0.15) is 12.7 Å². The van der Waals surface area contributed by atoms with Crippen molar-refractivity contribution in [3.05, 3.63) is 121 Å². The second-order valence-electron chi connectivity index (χ2n) is 8.43. The molecule has 0 fully saturated rings. The summed E-state index contributed by atoms with van der Waals surface area (Å²) < 4.78 is 3.56. The summed E-state index contributed by atoms with van der Waals surface area (Å²) in [5.41, 5.74) is 7.17. The van der Waals surface area contributed by atoms with Crippen molar-refractivity contribution in [2.24, 2.45) is 4.99 Å². The van der Waals surface area contributed by atoms with E-state index in [-0.39, 0.29) is 0 Å². The minimum atomic E-state index is 0.653. The van der Waals surface area contributed by atoms with Gasteiger partial charge in [-0.1, -0.05) is 49.6 Å². The molecule has 9 heteroatoms. The van der Waals surface area contributed by atoms with E-state index in [0.717, 1.165) is 45.0 Å². The summed E-state index contributed by atoms with van der Waals surface area (Å²) in [5, 5.41) is 12.1. The highest BCUT2D eigenvalue weighted by molar-refractivity contribution is 5.97. The van der Waals surface area contributed by atoms with Crippen molar-refractivity contribution in [2.45, 2.75) is 0 Å². The van der Waals surface area contributed by atoms with Crippen LogP contribution in [0.3, 0.4) is 0 Å². The van der Waals surface area contributed by atoms with E-state index in [4.69, 9.17) is 0 Å². The fourth-order valence-electron chi connectivity index (χ4n) is 4.27. The third kappa shape index (κ3) is 4.28. The molecule has 0 unspecified atom stereocenters. The Morgan fingerprint density at radius 3 is 1.97 bits per heavy atom. The molecule has 1 aliphatic heterocycles. The van der Waals surface area contributed by atoms with Crippen LogP contribution in [0.25, 0.3) is 47.1 Å². The van der Waals surface area contributed by atoms with Crippen molar-refractivity contribution in [2.75, 3.05) is 0 Å². The van der Waals surface area contributed by atoms with Crippen LogP contribution in [0.15, 0.2) is 91.7 Å². The third-order valence-electron chi connectivity index (χ3n) is 6.12. The lowest BCUT2D eigenvalue weighted by atomic mass is 10.1. The van der Waals surface area contributed by atoms with E-state index in [0.29, 0.717) is 11.6 Å². The first-order chi connectivity index (χ1) is 18.7. The highest BCUT2D eigenvalue weighted by atomic mass is 15.3. The van der Waals surface area contributed by atoms with Gasteiger partial charge in [0.25, 0.3) is 0 Å². The van der Waals surface area contributed by atoms with Crippen LogP contribution in [-0.2, 0) is 0 Å². The molecule has 2 aromatic carbocycles. The number of hydrogen-bond acceptors (Lipinski definition) is 6. The molecule has 1 aliphatic rings. The van der Waals surface area contributed by atoms with Gasteiger partial charge in [-0.25, -0.2) is 24.3 Å². The summed E-state index contributed by atoms with van der Waals surface area (Å²) >= 11 is 0. The monoisotopic (exact) mass is 497 g/mol. The molecule has 0 saturated carbocycles. The molecular weight excluding hydrogens is 474 g/mol. The second-order valence-corrected chi connectivity index (χ2v) is 8.43. The molecule has 5 aromatic rings. The van der Waals surface area contributed by atoms with Crippen molar-refractivity contribution < 1.29 is 0 Å². The number of hydrogen-bond donors (Lipinski definition) is 2. The van der Waals surface area contributed by atoms with Gasteiger partial charge in [0, 0.05) is 35.7 Å². The number of nitrogens with zero attached hydrogens (tertiary/aromatic N) is 7. The Hall–Kier alpha value is -5.57. The van der Waals surface area contributed by atoms with E-state index in [9.17, 15) is 0 Å². The van der Waals surface area contributed by atoms with Crippen molar-refractivity contribution in [3.63, 3.8) is 0 Å². The molecule has 4 heterocycles. The Kier molecular flexibility index (Phi) is 5.91. The number of aromatic amines is 1. The van der Waals surface area contributed by atoms with Crippen molar-refractivity contribution in [3.8, 4) is 11.4 Å². The molecular formula is C29H23N9. The summed E-state index contributed by atoms with van der Waals surface area (Å²) in [6.45, 7) is 7.72. The zero-order valence-electron chi connectivity index (χ0n) is 20.4. The van der Waals surface area contributed by atoms with Crippen LogP contribution < -0.4 is 5.32 Å². The van der Waals surface area contributed by atoms with Crippen LogP contribution in [0.4, 0.5) is 0 Å². The molecule has 0 amide bonds. The molecule has 0 atom stereocenters. The lowest BCUT2D eigenvalue weighted by molar-refractivity contribution is 0.868. The van der Waals surface area contributed by atoms with E-state index < -0.39 is 0 Å². The predicted molar refractivity (Wildman–Crippen MR) is 151 cm³/mol. The molecule has 0 aliphatic carbocycles. The van der Waals surface area contributed by atoms with E-state index in [2.05, 4.69) is 48.6 Å². The van der Waals surface area contributed by atoms with Crippen LogP contribution in [0.5, 0.6) is 0 Å². The molecule has 0 bridgehead atoms. The number of fused-ring (bicyclic) bond motifs is 1.